The molecule has 0 aliphatic heterocycles. The van der Waals surface area contributed by atoms with Gasteiger partial charge in [-0.1, -0.05) is 50.0 Å². The predicted molar refractivity (Wildman–Crippen MR) is 89.8 cm³/mol. The lowest BCUT2D eigenvalue weighted by Gasteiger charge is -2.30. The Hall–Kier alpha value is -0.280. The summed E-state index contributed by atoms with van der Waals surface area (Å²) < 4.78 is 0. The van der Waals surface area contributed by atoms with Gasteiger partial charge in [-0.05, 0) is 44.1 Å². The van der Waals surface area contributed by atoms with Crippen LogP contribution in [0.3, 0.4) is 0 Å². The Morgan fingerprint density at radius 3 is 2.25 bits per heavy atom. The molecule has 0 spiro atoms. The second-order valence-electron chi connectivity index (χ2n) is 5.82. The van der Waals surface area contributed by atoms with Gasteiger partial charge in [-0.2, -0.15) is 0 Å². The lowest BCUT2D eigenvalue weighted by molar-refractivity contribution is 0.218. The molecule has 0 aliphatic carbocycles. The fourth-order valence-corrected chi connectivity index (χ4v) is 2.81. The number of hydrogen-bond donors (Lipinski definition) is 1. The van der Waals surface area contributed by atoms with Gasteiger partial charge in [0.15, 0.2) is 0 Å². The van der Waals surface area contributed by atoms with Crippen molar-refractivity contribution in [3.05, 3.63) is 33.8 Å². The van der Waals surface area contributed by atoms with Crippen molar-refractivity contribution < 1.29 is 0 Å². The van der Waals surface area contributed by atoms with Crippen LogP contribution in [0, 0.1) is 5.92 Å². The number of halogens is 2. The van der Waals surface area contributed by atoms with Crippen molar-refractivity contribution in [3.63, 3.8) is 0 Å². The molecule has 2 unspecified atom stereocenters. The maximum atomic E-state index is 6.11. The predicted octanol–water partition coefficient (Wildman–Crippen LogP) is 4.62. The van der Waals surface area contributed by atoms with E-state index >= 15 is 0 Å². The first-order chi connectivity index (χ1) is 9.36. The van der Waals surface area contributed by atoms with Crippen LogP contribution in [0.25, 0.3) is 0 Å². The lowest BCUT2D eigenvalue weighted by atomic mass is 10.0. The minimum absolute atomic E-state index is 0.311. The van der Waals surface area contributed by atoms with Crippen molar-refractivity contribution >= 4 is 23.2 Å². The average molecular weight is 317 g/mol. The smallest absolute Gasteiger partial charge is 0.0595 e. The largest absolute Gasteiger partial charge is 0.308 e. The molecule has 0 radical (unpaired) electrons. The molecule has 0 amide bonds. The molecule has 4 heteroatoms. The summed E-state index contributed by atoms with van der Waals surface area (Å²) in [6, 6.07) is 6.72. The van der Waals surface area contributed by atoms with Crippen molar-refractivity contribution in [1.82, 2.24) is 10.2 Å². The highest BCUT2D eigenvalue weighted by molar-refractivity contribution is 6.42. The van der Waals surface area contributed by atoms with E-state index in [1.54, 1.807) is 0 Å². The molecule has 0 aliphatic rings. The molecule has 114 valence electrons. The Morgan fingerprint density at radius 2 is 1.80 bits per heavy atom. The summed E-state index contributed by atoms with van der Waals surface area (Å²) in [4.78, 5) is 2.28. The Labute approximate surface area is 133 Å². The highest BCUT2D eigenvalue weighted by Crippen LogP contribution is 2.27. The van der Waals surface area contributed by atoms with E-state index in [4.69, 9.17) is 23.2 Å². The zero-order valence-electron chi connectivity index (χ0n) is 13.1. The molecule has 0 fully saturated rings. The van der Waals surface area contributed by atoms with Gasteiger partial charge in [0.05, 0.1) is 10.0 Å². The Morgan fingerprint density at radius 1 is 1.15 bits per heavy atom. The van der Waals surface area contributed by atoms with Crippen molar-refractivity contribution in [2.24, 2.45) is 5.92 Å². The first kappa shape index (κ1) is 17.8. The Balaban J connectivity index is 2.74. The van der Waals surface area contributed by atoms with Gasteiger partial charge in [0.25, 0.3) is 0 Å². The standard InChI is InChI=1S/C16H26Cl2N2/c1-6-15(12-7-8-13(17)14(18)9-12)19-10-16(11(2)3)20(4)5/h7-9,11,15-16,19H,6,10H2,1-5H3. The van der Waals surface area contributed by atoms with E-state index in [1.807, 2.05) is 12.1 Å². The monoisotopic (exact) mass is 316 g/mol. The van der Waals surface area contributed by atoms with Crippen molar-refractivity contribution in [2.45, 2.75) is 39.3 Å². The van der Waals surface area contributed by atoms with Crippen LogP contribution in [0.2, 0.25) is 10.0 Å². The van der Waals surface area contributed by atoms with E-state index in [0.717, 1.165) is 13.0 Å². The molecule has 20 heavy (non-hydrogen) atoms. The summed E-state index contributed by atoms with van der Waals surface area (Å²) in [5.41, 5.74) is 1.20. The third-order valence-corrected chi connectivity index (χ3v) is 4.50. The highest BCUT2D eigenvalue weighted by Gasteiger charge is 2.18. The third kappa shape index (κ3) is 4.92. The SMILES string of the molecule is CCC(NCC(C(C)C)N(C)C)c1ccc(Cl)c(Cl)c1. The summed E-state index contributed by atoms with van der Waals surface area (Å²) in [5, 5.41) is 4.88. The zero-order chi connectivity index (χ0) is 15.3. The number of nitrogens with one attached hydrogen (secondary N) is 1. The van der Waals surface area contributed by atoms with Crippen LogP contribution in [0.1, 0.15) is 38.8 Å². The summed E-state index contributed by atoms with van der Waals surface area (Å²) >= 11 is 12.1. The molecule has 0 bridgehead atoms. The molecule has 0 aromatic heterocycles. The van der Waals surface area contributed by atoms with Crippen molar-refractivity contribution in [1.29, 1.82) is 0 Å². The van der Waals surface area contributed by atoms with Gasteiger partial charge < -0.3 is 10.2 Å². The van der Waals surface area contributed by atoms with Crippen LogP contribution >= 0.6 is 23.2 Å². The maximum absolute atomic E-state index is 6.11. The fourth-order valence-electron chi connectivity index (χ4n) is 2.50. The van der Waals surface area contributed by atoms with Gasteiger partial charge in [-0.15, -0.1) is 0 Å². The number of hydrogen-bond acceptors (Lipinski definition) is 2. The van der Waals surface area contributed by atoms with Crippen LogP contribution in [-0.4, -0.2) is 31.6 Å². The first-order valence-electron chi connectivity index (χ1n) is 7.21. The Kier molecular flexibility index (Phi) is 7.32. The topological polar surface area (TPSA) is 15.3 Å². The van der Waals surface area contributed by atoms with E-state index in [2.05, 4.69) is 51.1 Å². The van der Waals surface area contributed by atoms with Gasteiger partial charge in [0.1, 0.15) is 0 Å². The van der Waals surface area contributed by atoms with Crippen molar-refractivity contribution in [2.75, 3.05) is 20.6 Å². The van der Waals surface area contributed by atoms with Gasteiger partial charge >= 0.3 is 0 Å². The lowest BCUT2D eigenvalue weighted by Crippen LogP contribution is -2.42. The average Bonchev–Trinajstić information content (AvgIpc) is 2.37. The number of nitrogens with zero attached hydrogens (tertiary/aromatic N) is 1. The summed E-state index contributed by atoms with van der Waals surface area (Å²) in [6.45, 7) is 7.66. The van der Waals surface area contributed by atoms with Gasteiger partial charge in [-0.25, -0.2) is 0 Å². The summed E-state index contributed by atoms with van der Waals surface area (Å²) in [5.74, 6) is 0.615. The molecule has 0 saturated heterocycles. The van der Waals surface area contributed by atoms with E-state index < -0.39 is 0 Å². The summed E-state index contributed by atoms with van der Waals surface area (Å²) in [6.07, 6.45) is 1.02. The zero-order valence-corrected chi connectivity index (χ0v) is 14.6. The molecule has 1 N–H and O–H groups in total. The molecule has 0 heterocycles. The van der Waals surface area contributed by atoms with Gasteiger partial charge in [-0.3, -0.25) is 0 Å². The number of benzene rings is 1. The molecular weight excluding hydrogens is 291 g/mol. The second-order valence-corrected chi connectivity index (χ2v) is 6.63. The molecule has 1 rings (SSSR count). The third-order valence-electron chi connectivity index (χ3n) is 3.76. The fraction of sp³-hybridized carbons (Fsp3) is 0.625. The minimum atomic E-state index is 0.311. The second kappa shape index (κ2) is 8.23. The van der Waals surface area contributed by atoms with E-state index in [1.165, 1.54) is 5.56 Å². The van der Waals surface area contributed by atoms with Crippen LogP contribution in [0.4, 0.5) is 0 Å². The van der Waals surface area contributed by atoms with Gasteiger partial charge in [0.2, 0.25) is 0 Å². The van der Waals surface area contributed by atoms with Crippen LogP contribution in [0.5, 0.6) is 0 Å². The number of likely N-dealkylation sites (N-methyl/N-ethyl adjacent to an activating group) is 1. The maximum Gasteiger partial charge on any atom is 0.0595 e. The van der Waals surface area contributed by atoms with E-state index in [-0.39, 0.29) is 0 Å². The molecule has 0 saturated carbocycles. The molecule has 2 atom stereocenters. The molecule has 1 aromatic carbocycles. The molecule has 1 aromatic rings. The number of rotatable bonds is 7. The minimum Gasteiger partial charge on any atom is -0.308 e. The molecule has 2 nitrogen and oxygen atoms in total. The van der Waals surface area contributed by atoms with Crippen LogP contribution < -0.4 is 5.32 Å². The van der Waals surface area contributed by atoms with E-state index in [9.17, 15) is 0 Å². The first-order valence-corrected chi connectivity index (χ1v) is 7.97. The van der Waals surface area contributed by atoms with Crippen LogP contribution in [-0.2, 0) is 0 Å². The highest BCUT2D eigenvalue weighted by atomic mass is 35.5. The quantitative estimate of drug-likeness (QED) is 0.789. The molecular formula is C16H26Cl2N2. The Bertz CT molecular complexity index is 411. The van der Waals surface area contributed by atoms with Gasteiger partial charge in [0, 0.05) is 18.6 Å². The van der Waals surface area contributed by atoms with Crippen LogP contribution in [0.15, 0.2) is 18.2 Å². The van der Waals surface area contributed by atoms with E-state index in [0.29, 0.717) is 28.0 Å². The summed E-state index contributed by atoms with van der Waals surface area (Å²) in [7, 11) is 4.26. The van der Waals surface area contributed by atoms with Crippen molar-refractivity contribution in [3.8, 4) is 0 Å². The normalized spacial score (nSPS) is 14.8.